The van der Waals surface area contributed by atoms with Crippen LogP contribution in [0.3, 0.4) is 0 Å². The first-order valence-electron chi connectivity index (χ1n) is 6.57. The highest BCUT2D eigenvalue weighted by Crippen LogP contribution is 2.32. The largest absolute Gasteiger partial charge is 0.458 e. The molecule has 0 fully saturated rings. The molecule has 0 saturated carbocycles. The molecule has 0 radical (unpaired) electrons. The van der Waals surface area contributed by atoms with E-state index in [1.807, 2.05) is 24.3 Å². The van der Waals surface area contributed by atoms with Gasteiger partial charge in [0, 0.05) is 5.39 Å². The van der Waals surface area contributed by atoms with Gasteiger partial charge in [-0.3, -0.25) is 0 Å². The molecular weight excluding hydrogens is 314 g/mol. The van der Waals surface area contributed by atoms with E-state index >= 15 is 0 Å². The monoisotopic (exact) mass is 329 g/mol. The van der Waals surface area contributed by atoms with Crippen molar-refractivity contribution in [1.29, 1.82) is 0 Å². The van der Waals surface area contributed by atoms with Gasteiger partial charge in [-0.05, 0) is 53.0 Å². The zero-order valence-corrected chi connectivity index (χ0v) is 13.1. The van der Waals surface area contributed by atoms with Crippen molar-refractivity contribution in [2.75, 3.05) is 0 Å². The average molecular weight is 330 g/mol. The first-order chi connectivity index (χ1) is 9.56. The fourth-order valence-corrected chi connectivity index (χ4v) is 2.99. The first-order valence-corrected chi connectivity index (χ1v) is 7.36. The number of fused-ring (bicyclic) bond motifs is 1. The van der Waals surface area contributed by atoms with Crippen molar-refractivity contribution in [3.8, 4) is 0 Å². The maximum Gasteiger partial charge on any atom is 0.148 e. The predicted octanol–water partition coefficient (Wildman–Crippen LogP) is 4.86. The van der Waals surface area contributed by atoms with Crippen molar-refractivity contribution in [2.24, 2.45) is 5.73 Å². The molecule has 0 saturated heterocycles. The van der Waals surface area contributed by atoms with Gasteiger partial charge < -0.3 is 10.2 Å². The number of rotatable bonds is 2. The summed E-state index contributed by atoms with van der Waals surface area (Å²) >= 11 is 3.50. The lowest BCUT2D eigenvalue weighted by atomic mass is 9.98. The molecule has 1 atom stereocenters. The van der Waals surface area contributed by atoms with Gasteiger partial charge in [-0.25, -0.2) is 0 Å². The van der Waals surface area contributed by atoms with Crippen LogP contribution in [0.15, 0.2) is 51.4 Å². The number of aryl methyl sites for hydroxylation is 2. The lowest BCUT2D eigenvalue weighted by Crippen LogP contribution is -2.12. The quantitative estimate of drug-likeness (QED) is 0.729. The Balaban J connectivity index is 2.08. The topological polar surface area (TPSA) is 39.2 Å². The van der Waals surface area contributed by atoms with Crippen LogP contribution in [0.4, 0.5) is 0 Å². The molecule has 102 valence electrons. The maximum absolute atomic E-state index is 6.37. The molecule has 0 amide bonds. The molecule has 0 aliphatic carbocycles. The van der Waals surface area contributed by atoms with Crippen LogP contribution >= 0.6 is 15.9 Å². The lowest BCUT2D eigenvalue weighted by Gasteiger charge is -2.12. The Bertz CT molecular complexity index is 776. The van der Waals surface area contributed by atoms with E-state index in [-0.39, 0.29) is 6.04 Å². The normalized spacial score (nSPS) is 12.8. The third-order valence-corrected chi connectivity index (χ3v) is 4.21. The fourth-order valence-electron chi connectivity index (χ4n) is 2.53. The maximum atomic E-state index is 6.37. The summed E-state index contributed by atoms with van der Waals surface area (Å²) in [5.74, 6) is 0.791. The van der Waals surface area contributed by atoms with Gasteiger partial charge in [0.05, 0.1) is 10.5 Å². The second kappa shape index (κ2) is 5.08. The Morgan fingerprint density at radius 2 is 1.90 bits per heavy atom. The molecule has 2 nitrogen and oxygen atoms in total. The van der Waals surface area contributed by atoms with E-state index in [0.717, 1.165) is 26.8 Å². The number of hydrogen-bond acceptors (Lipinski definition) is 2. The second-order valence-corrected chi connectivity index (χ2v) is 6.00. The highest BCUT2D eigenvalue weighted by molar-refractivity contribution is 9.10. The third-order valence-electron chi connectivity index (χ3n) is 3.58. The van der Waals surface area contributed by atoms with Crippen molar-refractivity contribution in [1.82, 2.24) is 0 Å². The van der Waals surface area contributed by atoms with Crippen LogP contribution in [0, 0.1) is 13.8 Å². The van der Waals surface area contributed by atoms with Gasteiger partial charge in [0.25, 0.3) is 0 Å². The zero-order chi connectivity index (χ0) is 14.3. The molecule has 3 aromatic rings. The van der Waals surface area contributed by atoms with Crippen LogP contribution < -0.4 is 5.73 Å². The van der Waals surface area contributed by atoms with Crippen LogP contribution in [0.2, 0.25) is 0 Å². The minimum Gasteiger partial charge on any atom is -0.458 e. The summed E-state index contributed by atoms with van der Waals surface area (Å²) in [4.78, 5) is 0. The Morgan fingerprint density at radius 3 is 2.60 bits per heavy atom. The summed E-state index contributed by atoms with van der Waals surface area (Å²) in [5.41, 5.74) is 10.8. The minimum atomic E-state index is -0.241. The van der Waals surface area contributed by atoms with Gasteiger partial charge in [-0.1, -0.05) is 35.9 Å². The van der Waals surface area contributed by atoms with E-state index < -0.39 is 0 Å². The third kappa shape index (κ3) is 2.28. The summed E-state index contributed by atoms with van der Waals surface area (Å²) in [6.45, 7) is 4.17. The molecule has 3 rings (SSSR count). The van der Waals surface area contributed by atoms with Crippen LogP contribution in [0.25, 0.3) is 11.0 Å². The van der Waals surface area contributed by atoms with E-state index in [1.54, 1.807) is 0 Å². The highest BCUT2D eigenvalue weighted by atomic mass is 79.9. The summed E-state index contributed by atoms with van der Waals surface area (Å²) < 4.78 is 6.88. The number of furan rings is 1. The fraction of sp³-hybridized carbons (Fsp3) is 0.176. The van der Waals surface area contributed by atoms with Gasteiger partial charge in [-0.15, -0.1) is 0 Å². The minimum absolute atomic E-state index is 0.241. The van der Waals surface area contributed by atoms with E-state index in [0.29, 0.717) is 0 Å². The molecule has 0 aliphatic rings. The summed E-state index contributed by atoms with van der Waals surface area (Å²) in [5, 5.41) is 1.06. The van der Waals surface area contributed by atoms with Gasteiger partial charge in [-0.2, -0.15) is 0 Å². The van der Waals surface area contributed by atoms with Crippen molar-refractivity contribution >= 4 is 26.9 Å². The average Bonchev–Trinajstić information content (AvgIpc) is 2.83. The van der Waals surface area contributed by atoms with Crippen LogP contribution in [-0.4, -0.2) is 0 Å². The molecule has 2 aromatic carbocycles. The van der Waals surface area contributed by atoms with Crippen molar-refractivity contribution in [3.05, 3.63) is 69.4 Å². The van der Waals surface area contributed by atoms with Gasteiger partial charge >= 0.3 is 0 Å². The predicted molar refractivity (Wildman–Crippen MR) is 85.9 cm³/mol. The Morgan fingerprint density at radius 1 is 1.10 bits per heavy atom. The summed E-state index contributed by atoms with van der Waals surface area (Å²) in [6, 6.07) is 14.1. The van der Waals surface area contributed by atoms with Crippen LogP contribution in [-0.2, 0) is 0 Å². The number of benzene rings is 2. The smallest absolute Gasteiger partial charge is 0.148 e. The Labute approximate surface area is 126 Å². The van der Waals surface area contributed by atoms with Crippen molar-refractivity contribution in [3.63, 3.8) is 0 Å². The van der Waals surface area contributed by atoms with E-state index in [1.165, 1.54) is 11.1 Å². The number of halogens is 1. The standard InChI is InChI=1S/C17H16BrNO/c1-10-6-7-13(11(2)8-10)16(19)15-9-12-4-3-5-14(18)17(12)20-15/h3-9,16H,19H2,1-2H3. The SMILES string of the molecule is Cc1ccc(C(N)c2cc3cccc(Br)c3o2)c(C)c1. The number of para-hydroxylation sites is 1. The van der Waals surface area contributed by atoms with Crippen LogP contribution in [0.5, 0.6) is 0 Å². The molecule has 3 heteroatoms. The first kappa shape index (κ1) is 13.4. The highest BCUT2D eigenvalue weighted by Gasteiger charge is 2.17. The Kier molecular flexibility index (Phi) is 3.40. The van der Waals surface area contributed by atoms with Crippen LogP contribution in [0.1, 0.15) is 28.5 Å². The zero-order valence-electron chi connectivity index (χ0n) is 11.5. The molecule has 0 aliphatic heterocycles. The lowest BCUT2D eigenvalue weighted by molar-refractivity contribution is 0.523. The summed E-state index contributed by atoms with van der Waals surface area (Å²) in [6.07, 6.45) is 0. The molecule has 0 spiro atoms. The van der Waals surface area contributed by atoms with Gasteiger partial charge in [0.1, 0.15) is 11.3 Å². The number of hydrogen-bond donors (Lipinski definition) is 1. The summed E-state index contributed by atoms with van der Waals surface area (Å²) in [7, 11) is 0. The molecule has 20 heavy (non-hydrogen) atoms. The second-order valence-electron chi connectivity index (χ2n) is 5.14. The molecule has 1 heterocycles. The molecular formula is C17H16BrNO. The van der Waals surface area contributed by atoms with Crippen molar-refractivity contribution in [2.45, 2.75) is 19.9 Å². The molecule has 2 N–H and O–H groups in total. The van der Waals surface area contributed by atoms with E-state index in [9.17, 15) is 0 Å². The molecule has 1 aromatic heterocycles. The van der Waals surface area contributed by atoms with E-state index in [2.05, 4.69) is 48.0 Å². The van der Waals surface area contributed by atoms with Gasteiger partial charge in [0.15, 0.2) is 0 Å². The van der Waals surface area contributed by atoms with Crippen molar-refractivity contribution < 1.29 is 4.42 Å². The van der Waals surface area contributed by atoms with E-state index in [4.69, 9.17) is 10.2 Å². The molecule has 1 unspecified atom stereocenters. The molecule has 0 bridgehead atoms. The Hall–Kier alpha value is -1.58. The van der Waals surface area contributed by atoms with Gasteiger partial charge in [0.2, 0.25) is 0 Å². The number of nitrogens with two attached hydrogens (primary N) is 1.